The number of hydrogen-bond donors (Lipinski definition) is 1. The smallest absolute Gasteiger partial charge is 0.239 e. The van der Waals surface area contributed by atoms with Crippen LogP contribution in [0.3, 0.4) is 0 Å². The largest absolute Gasteiger partial charge is 0.340 e. The molecule has 1 atom stereocenters. The van der Waals surface area contributed by atoms with E-state index in [1.54, 1.807) is 0 Å². The topological polar surface area (TPSA) is 32.3 Å². The average Bonchev–Trinajstić information content (AvgIpc) is 2.40. The lowest BCUT2D eigenvalue weighted by atomic mass is 10.0. The number of carbonyl (C=O) groups is 1. The van der Waals surface area contributed by atoms with E-state index >= 15 is 0 Å². The Labute approximate surface area is 103 Å². The highest BCUT2D eigenvalue weighted by molar-refractivity contribution is 5.81. The van der Waals surface area contributed by atoms with Crippen LogP contribution >= 0.6 is 0 Å². The molecule has 3 heteroatoms. The molecular weight excluding hydrogens is 212 g/mol. The number of carbonyl (C=O) groups excluding carboxylic acids is 1. The summed E-state index contributed by atoms with van der Waals surface area (Å²) in [6.07, 6.45) is 3.31. The van der Waals surface area contributed by atoms with E-state index in [0.717, 1.165) is 19.4 Å². The molecule has 1 aliphatic heterocycles. The predicted molar refractivity (Wildman–Crippen MR) is 68.6 cm³/mol. The van der Waals surface area contributed by atoms with E-state index in [2.05, 4.69) is 17.4 Å². The lowest BCUT2D eigenvalue weighted by molar-refractivity contribution is -0.133. The second kappa shape index (κ2) is 5.82. The normalized spacial score (nSPS) is 19.9. The van der Waals surface area contributed by atoms with Crippen LogP contribution in [0.1, 0.15) is 24.8 Å². The molecule has 1 N–H and O–H groups in total. The van der Waals surface area contributed by atoms with Crippen molar-refractivity contribution in [2.75, 3.05) is 13.6 Å². The number of likely N-dealkylation sites (N-methyl/N-ethyl adjacent to an activating group) is 1. The van der Waals surface area contributed by atoms with Gasteiger partial charge < -0.3 is 10.2 Å². The Hall–Kier alpha value is -1.35. The Morgan fingerprint density at radius 2 is 2.12 bits per heavy atom. The van der Waals surface area contributed by atoms with E-state index in [-0.39, 0.29) is 11.9 Å². The molecule has 0 spiro atoms. The van der Waals surface area contributed by atoms with E-state index in [4.69, 9.17) is 0 Å². The maximum Gasteiger partial charge on any atom is 0.239 e. The van der Waals surface area contributed by atoms with Crippen LogP contribution in [0.15, 0.2) is 30.3 Å². The molecule has 2 rings (SSSR count). The molecule has 0 saturated carbocycles. The standard InChI is InChI=1S/C14H20N2O/c1-16(11-12-7-3-2-4-8-12)14(17)13-9-5-6-10-15-13/h2-4,7-8,13,15H,5-6,9-11H2,1H3/t13-/m1/s1. The first kappa shape index (κ1) is 12.1. The summed E-state index contributed by atoms with van der Waals surface area (Å²) in [6, 6.07) is 10.1. The van der Waals surface area contributed by atoms with Gasteiger partial charge in [-0.1, -0.05) is 36.8 Å². The van der Waals surface area contributed by atoms with Gasteiger partial charge >= 0.3 is 0 Å². The molecule has 0 unspecified atom stereocenters. The molecule has 1 aliphatic rings. The zero-order chi connectivity index (χ0) is 12.1. The van der Waals surface area contributed by atoms with Crippen LogP contribution in [0.2, 0.25) is 0 Å². The second-order valence-electron chi connectivity index (χ2n) is 4.68. The third-order valence-electron chi connectivity index (χ3n) is 3.25. The predicted octanol–water partition coefficient (Wildman–Crippen LogP) is 1.79. The first-order valence-electron chi connectivity index (χ1n) is 6.29. The zero-order valence-electron chi connectivity index (χ0n) is 10.4. The van der Waals surface area contributed by atoms with Crippen molar-refractivity contribution in [2.45, 2.75) is 31.8 Å². The molecule has 3 nitrogen and oxygen atoms in total. The highest BCUT2D eigenvalue weighted by Gasteiger charge is 2.23. The van der Waals surface area contributed by atoms with Gasteiger partial charge in [-0.2, -0.15) is 0 Å². The third-order valence-corrected chi connectivity index (χ3v) is 3.25. The molecule has 1 aromatic rings. The Kier molecular flexibility index (Phi) is 4.15. The fraction of sp³-hybridized carbons (Fsp3) is 0.500. The highest BCUT2D eigenvalue weighted by atomic mass is 16.2. The molecule has 17 heavy (non-hydrogen) atoms. The van der Waals surface area contributed by atoms with Crippen molar-refractivity contribution < 1.29 is 4.79 Å². The van der Waals surface area contributed by atoms with Crippen molar-refractivity contribution in [3.8, 4) is 0 Å². The first-order valence-corrected chi connectivity index (χ1v) is 6.29. The van der Waals surface area contributed by atoms with Crippen LogP contribution in [-0.4, -0.2) is 30.4 Å². The Morgan fingerprint density at radius 3 is 2.76 bits per heavy atom. The van der Waals surface area contributed by atoms with E-state index in [1.165, 1.54) is 12.0 Å². The maximum absolute atomic E-state index is 12.2. The minimum absolute atomic E-state index is 0.0254. The average molecular weight is 232 g/mol. The number of amides is 1. The van der Waals surface area contributed by atoms with Crippen LogP contribution in [0, 0.1) is 0 Å². The van der Waals surface area contributed by atoms with Crippen molar-refractivity contribution in [1.82, 2.24) is 10.2 Å². The van der Waals surface area contributed by atoms with E-state index in [0.29, 0.717) is 6.54 Å². The molecular formula is C14H20N2O. The van der Waals surface area contributed by atoms with Crippen LogP contribution < -0.4 is 5.32 Å². The Balaban J connectivity index is 1.90. The highest BCUT2D eigenvalue weighted by Crippen LogP contribution is 2.11. The summed E-state index contributed by atoms with van der Waals surface area (Å²) in [7, 11) is 1.88. The summed E-state index contributed by atoms with van der Waals surface area (Å²) in [5, 5.41) is 3.29. The van der Waals surface area contributed by atoms with Gasteiger partial charge in [-0.05, 0) is 24.9 Å². The van der Waals surface area contributed by atoms with Crippen molar-refractivity contribution in [3.05, 3.63) is 35.9 Å². The Morgan fingerprint density at radius 1 is 1.35 bits per heavy atom. The number of benzene rings is 1. The van der Waals surface area contributed by atoms with Crippen LogP contribution in [0.5, 0.6) is 0 Å². The molecule has 92 valence electrons. The van der Waals surface area contributed by atoms with Gasteiger partial charge in [0.25, 0.3) is 0 Å². The molecule has 1 heterocycles. The molecule has 0 radical (unpaired) electrons. The van der Waals surface area contributed by atoms with Gasteiger partial charge in [0.1, 0.15) is 0 Å². The molecule has 1 amide bonds. The Bertz CT molecular complexity index is 358. The van der Waals surface area contributed by atoms with Gasteiger partial charge in [-0.3, -0.25) is 4.79 Å². The molecule has 0 aliphatic carbocycles. The summed E-state index contributed by atoms with van der Waals surface area (Å²) < 4.78 is 0. The summed E-state index contributed by atoms with van der Waals surface area (Å²) in [5.41, 5.74) is 1.18. The van der Waals surface area contributed by atoms with Crippen molar-refractivity contribution >= 4 is 5.91 Å². The summed E-state index contributed by atoms with van der Waals surface area (Å²) in [4.78, 5) is 14.0. The molecule has 0 bridgehead atoms. The number of nitrogens with one attached hydrogen (secondary N) is 1. The minimum Gasteiger partial charge on any atom is -0.340 e. The number of nitrogens with zero attached hydrogens (tertiary/aromatic N) is 1. The van der Waals surface area contributed by atoms with Crippen LogP contribution in [0.4, 0.5) is 0 Å². The van der Waals surface area contributed by atoms with Gasteiger partial charge in [-0.15, -0.1) is 0 Å². The fourth-order valence-corrected chi connectivity index (χ4v) is 2.26. The maximum atomic E-state index is 12.2. The monoisotopic (exact) mass is 232 g/mol. The molecule has 1 aromatic carbocycles. The van der Waals surface area contributed by atoms with Gasteiger partial charge in [0.2, 0.25) is 5.91 Å². The van der Waals surface area contributed by atoms with Crippen molar-refractivity contribution in [3.63, 3.8) is 0 Å². The minimum atomic E-state index is 0.0254. The number of rotatable bonds is 3. The molecule has 1 saturated heterocycles. The van der Waals surface area contributed by atoms with Crippen molar-refractivity contribution in [2.24, 2.45) is 0 Å². The zero-order valence-corrected chi connectivity index (χ0v) is 10.4. The van der Waals surface area contributed by atoms with E-state index in [1.807, 2.05) is 30.1 Å². The molecule has 0 aromatic heterocycles. The van der Waals surface area contributed by atoms with Crippen LogP contribution in [0.25, 0.3) is 0 Å². The summed E-state index contributed by atoms with van der Waals surface area (Å²) >= 11 is 0. The van der Waals surface area contributed by atoms with Crippen molar-refractivity contribution in [1.29, 1.82) is 0 Å². The van der Waals surface area contributed by atoms with E-state index in [9.17, 15) is 4.79 Å². The lowest BCUT2D eigenvalue weighted by Crippen LogP contribution is -2.46. The van der Waals surface area contributed by atoms with Gasteiger partial charge in [0, 0.05) is 13.6 Å². The van der Waals surface area contributed by atoms with Gasteiger partial charge in [0.15, 0.2) is 0 Å². The first-order chi connectivity index (χ1) is 8.27. The van der Waals surface area contributed by atoms with E-state index < -0.39 is 0 Å². The van der Waals surface area contributed by atoms with Gasteiger partial charge in [-0.25, -0.2) is 0 Å². The fourth-order valence-electron chi connectivity index (χ4n) is 2.26. The molecule has 1 fully saturated rings. The van der Waals surface area contributed by atoms with Crippen LogP contribution in [-0.2, 0) is 11.3 Å². The number of hydrogen-bond acceptors (Lipinski definition) is 2. The van der Waals surface area contributed by atoms with Gasteiger partial charge in [0.05, 0.1) is 6.04 Å². The lowest BCUT2D eigenvalue weighted by Gasteiger charge is -2.27. The summed E-state index contributed by atoms with van der Waals surface area (Å²) in [6.45, 7) is 1.66. The second-order valence-corrected chi connectivity index (χ2v) is 4.68. The SMILES string of the molecule is CN(Cc1ccccc1)C(=O)[C@H]1CCCCN1. The summed E-state index contributed by atoms with van der Waals surface area (Å²) in [5.74, 6) is 0.216. The third kappa shape index (κ3) is 3.30. The number of piperidine rings is 1. The quantitative estimate of drug-likeness (QED) is 0.861.